The van der Waals surface area contributed by atoms with Crippen molar-refractivity contribution in [3.8, 4) is 5.69 Å². The first-order chi connectivity index (χ1) is 8.93. The van der Waals surface area contributed by atoms with Gasteiger partial charge in [0, 0.05) is 10.4 Å². The van der Waals surface area contributed by atoms with Gasteiger partial charge in [0.05, 0.1) is 10.6 Å². The van der Waals surface area contributed by atoms with E-state index in [2.05, 4.69) is 21.0 Å². The van der Waals surface area contributed by atoms with E-state index in [0.717, 1.165) is 4.47 Å². The Balaban J connectivity index is 2.70. The monoisotopic (exact) mass is 343 g/mol. The fraction of sp³-hybridized carbons (Fsp3) is 0.250. The fourth-order valence-corrected chi connectivity index (χ4v) is 2.49. The zero-order valence-corrected chi connectivity index (χ0v) is 12.6. The Morgan fingerprint density at radius 1 is 1.42 bits per heavy atom. The van der Waals surface area contributed by atoms with Gasteiger partial charge < -0.3 is 0 Å². The molecule has 0 amide bonds. The predicted molar refractivity (Wildman–Crippen MR) is 77.0 cm³/mol. The number of nitro groups is 1. The Morgan fingerprint density at radius 2 is 2.05 bits per heavy atom. The molecule has 1 aromatic heterocycles. The summed E-state index contributed by atoms with van der Waals surface area (Å²) in [6, 6.07) is 7.28. The average Bonchev–Trinajstić information content (AvgIpc) is 2.68. The molecule has 0 saturated heterocycles. The summed E-state index contributed by atoms with van der Waals surface area (Å²) in [6.07, 6.45) is 0. The molecule has 7 heteroatoms. The van der Waals surface area contributed by atoms with Gasteiger partial charge in [0.15, 0.2) is 0 Å². The van der Waals surface area contributed by atoms with Crippen LogP contribution in [0, 0.1) is 10.1 Å². The molecule has 0 bridgehead atoms. The van der Waals surface area contributed by atoms with Crippen molar-refractivity contribution in [1.29, 1.82) is 0 Å². The molecule has 1 aromatic carbocycles. The molecule has 0 atom stereocenters. The van der Waals surface area contributed by atoms with Gasteiger partial charge in [-0.25, -0.2) is 4.68 Å². The molecule has 0 unspecified atom stereocenters. The summed E-state index contributed by atoms with van der Waals surface area (Å²) >= 11 is 9.50. The minimum Gasteiger partial charge on any atom is -0.258 e. The van der Waals surface area contributed by atoms with E-state index in [9.17, 15) is 10.1 Å². The van der Waals surface area contributed by atoms with Gasteiger partial charge in [-0.2, -0.15) is 5.10 Å². The lowest BCUT2D eigenvalue weighted by Gasteiger charge is -2.04. The molecule has 0 saturated carbocycles. The molecular weight excluding hydrogens is 334 g/mol. The number of nitrogens with zero attached hydrogens (tertiary/aromatic N) is 3. The Labute approximate surface area is 123 Å². The van der Waals surface area contributed by atoms with E-state index in [0.29, 0.717) is 11.4 Å². The first-order valence-electron chi connectivity index (χ1n) is 5.61. The van der Waals surface area contributed by atoms with Crippen molar-refractivity contribution in [2.24, 2.45) is 0 Å². The Hall–Kier alpha value is -1.40. The predicted octanol–water partition coefficient (Wildman–Crippen LogP) is 4.32. The summed E-state index contributed by atoms with van der Waals surface area (Å²) in [5.41, 5.74) is 0.917. The second-order valence-corrected chi connectivity index (χ2v) is 5.51. The lowest BCUT2D eigenvalue weighted by Crippen LogP contribution is -1.99. The van der Waals surface area contributed by atoms with Crippen LogP contribution in [0.2, 0.25) is 5.15 Å². The minimum absolute atomic E-state index is 0.0144. The number of hydrogen-bond acceptors (Lipinski definition) is 3. The van der Waals surface area contributed by atoms with Crippen LogP contribution in [-0.4, -0.2) is 14.7 Å². The largest absolute Gasteiger partial charge is 0.329 e. The van der Waals surface area contributed by atoms with Gasteiger partial charge in [-0.15, -0.1) is 0 Å². The topological polar surface area (TPSA) is 61.0 Å². The van der Waals surface area contributed by atoms with E-state index < -0.39 is 4.92 Å². The number of hydrogen-bond donors (Lipinski definition) is 0. The van der Waals surface area contributed by atoms with Gasteiger partial charge >= 0.3 is 5.69 Å². The van der Waals surface area contributed by atoms with Gasteiger partial charge in [-0.3, -0.25) is 10.1 Å². The summed E-state index contributed by atoms with van der Waals surface area (Å²) in [4.78, 5) is 10.6. The van der Waals surface area contributed by atoms with Crippen molar-refractivity contribution < 1.29 is 4.92 Å². The van der Waals surface area contributed by atoms with E-state index in [1.54, 1.807) is 6.07 Å². The second kappa shape index (κ2) is 5.30. The molecule has 100 valence electrons. The summed E-state index contributed by atoms with van der Waals surface area (Å²) in [5, 5.41) is 15.4. The maximum Gasteiger partial charge on any atom is 0.329 e. The van der Waals surface area contributed by atoms with E-state index >= 15 is 0 Å². The molecule has 0 N–H and O–H groups in total. The van der Waals surface area contributed by atoms with E-state index in [-0.39, 0.29) is 16.8 Å². The number of benzene rings is 1. The lowest BCUT2D eigenvalue weighted by molar-refractivity contribution is -0.385. The standard InChI is InChI=1S/C12H11BrClN3O2/c1-7(2)10-11(17(18)19)12(14)16(15-10)9-6-4-3-5-8(9)13/h3-7H,1-2H3. The summed E-state index contributed by atoms with van der Waals surface area (Å²) < 4.78 is 2.16. The van der Waals surface area contributed by atoms with Crippen LogP contribution in [0.15, 0.2) is 28.7 Å². The molecule has 0 fully saturated rings. The molecule has 2 aromatic rings. The number of rotatable bonds is 3. The molecule has 0 aliphatic carbocycles. The quantitative estimate of drug-likeness (QED) is 0.615. The fourth-order valence-electron chi connectivity index (χ4n) is 1.75. The lowest BCUT2D eigenvalue weighted by atomic mass is 10.1. The normalized spacial score (nSPS) is 11.0. The zero-order valence-electron chi connectivity index (χ0n) is 10.3. The smallest absolute Gasteiger partial charge is 0.258 e. The van der Waals surface area contributed by atoms with Crippen LogP contribution < -0.4 is 0 Å². The van der Waals surface area contributed by atoms with Crippen molar-refractivity contribution in [3.63, 3.8) is 0 Å². The summed E-state index contributed by atoms with van der Waals surface area (Å²) in [5.74, 6) is -0.0818. The van der Waals surface area contributed by atoms with Crippen molar-refractivity contribution in [1.82, 2.24) is 9.78 Å². The molecule has 0 aliphatic rings. The SMILES string of the molecule is CC(C)c1nn(-c2ccccc2Br)c(Cl)c1[N+](=O)[O-]. The molecule has 0 radical (unpaired) electrons. The van der Waals surface area contributed by atoms with Gasteiger partial charge in [0.1, 0.15) is 5.69 Å². The Morgan fingerprint density at radius 3 is 2.53 bits per heavy atom. The number of para-hydroxylation sites is 1. The van der Waals surface area contributed by atoms with Crippen LogP contribution in [0.1, 0.15) is 25.5 Å². The van der Waals surface area contributed by atoms with Crippen molar-refractivity contribution in [2.45, 2.75) is 19.8 Å². The highest BCUT2D eigenvalue weighted by molar-refractivity contribution is 9.10. The maximum atomic E-state index is 11.1. The van der Waals surface area contributed by atoms with Crippen LogP contribution in [0.3, 0.4) is 0 Å². The highest BCUT2D eigenvalue weighted by atomic mass is 79.9. The van der Waals surface area contributed by atoms with E-state index in [4.69, 9.17) is 11.6 Å². The molecule has 1 heterocycles. The first-order valence-corrected chi connectivity index (χ1v) is 6.78. The summed E-state index contributed by atoms with van der Waals surface area (Å²) in [6.45, 7) is 3.69. The van der Waals surface area contributed by atoms with Crippen LogP contribution in [0.25, 0.3) is 5.69 Å². The van der Waals surface area contributed by atoms with Gasteiger partial charge in [0.2, 0.25) is 5.15 Å². The van der Waals surface area contributed by atoms with Gasteiger partial charge in [-0.05, 0) is 28.1 Å². The highest BCUT2D eigenvalue weighted by Crippen LogP contribution is 2.35. The minimum atomic E-state index is -0.488. The maximum absolute atomic E-state index is 11.1. The van der Waals surface area contributed by atoms with E-state index in [1.807, 2.05) is 32.0 Å². The molecule has 2 rings (SSSR count). The van der Waals surface area contributed by atoms with Crippen LogP contribution >= 0.6 is 27.5 Å². The van der Waals surface area contributed by atoms with Crippen LogP contribution in [0.5, 0.6) is 0 Å². The third-order valence-electron chi connectivity index (χ3n) is 2.64. The third-order valence-corrected chi connectivity index (χ3v) is 3.65. The van der Waals surface area contributed by atoms with Crippen molar-refractivity contribution in [2.75, 3.05) is 0 Å². The zero-order chi connectivity index (χ0) is 14.2. The van der Waals surface area contributed by atoms with Crippen LogP contribution in [-0.2, 0) is 0 Å². The highest BCUT2D eigenvalue weighted by Gasteiger charge is 2.29. The van der Waals surface area contributed by atoms with Gasteiger partial charge in [-0.1, -0.05) is 37.6 Å². The average molecular weight is 345 g/mol. The molecule has 0 aliphatic heterocycles. The number of halogens is 2. The Bertz CT molecular complexity index is 640. The number of aromatic nitrogens is 2. The van der Waals surface area contributed by atoms with Crippen molar-refractivity contribution in [3.05, 3.63) is 49.7 Å². The van der Waals surface area contributed by atoms with Gasteiger partial charge in [0.25, 0.3) is 0 Å². The second-order valence-electron chi connectivity index (χ2n) is 4.30. The molecule has 19 heavy (non-hydrogen) atoms. The molecule has 0 spiro atoms. The molecule has 5 nitrogen and oxygen atoms in total. The summed E-state index contributed by atoms with van der Waals surface area (Å²) in [7, 11) is 0. The molecular formula is C12H11BrClN3O2. The Kier molecular flexibility index (Phi) is 3.91. The van der Waals surface area contributed by atoms with Crippen molar-refractivity contribution >= 4 is 33.2 Å². The first kappa shape index (κ1) is 14.0. The van der Waals surface area contributed by atoms with Crippen LogP contribution in [0.4, 0.5) is 5.69 Å². The van der Waals surface area contributed by atoms with E-state index in [1.165, 1.54) is 4.68 Å². The third kappa shape index (κ3) is 2.50.